The molecule has 3 nitrogen and oxygen atoms in total. The van der Waals surface area contributed by atoms with Gasteiger partial charge in [0.15, 0.2) is 0 Å². The standard InChI is InChI=1S/C13H24N2O/c14-10-6-3-7-11-16-12-13(15)8-4-1-2-5-9-13/h1-9,11-12,15H2. The van der Waals surface area contributed by atoms with Crippen molar-refractivity contribution in [1.29, 1.82) is 5.26 Å². The van der Waals surface area contributed by atoms with Crippen LogP contribution in [0.2, 0.25) is 0 Å². The van der Waals surface area contributed by atoms with Gasteiger partial charge in [0.05, 0.1) is 12.7 Å². The quantitative estimate of drug-likeness (QED) is 0.557. The van der Waals surface area contributed by atoms with Gasteiger partial charge in [0.2, 0.25) is 0 Å². The number of rotatable bonds is 6. The summed E-state index contributed by atoms with van der Waals surface area (Å²) in [5, 5.41) is 8.39. The minimum Gasteiger partial charge on any atom is -0.380 e. The summed E-state index contributed by atoms with van der Waals surface area (Å²) in [6.07, 6.45) is 9.88. The van der Waals surface area contributed by atoms with E-state index in [1.807, 2.05) is 0 Å². The van der Waals surface area contributed by atoms with E-state index in [-0.39, 0.29) is 5.54 Å². The zero-order valence-corrected chi connectivity index (χ0v) is 10.2. The fourth-order valence-electron chi connectivity index (χ4n) is 2.26. The number of unbranched alkanes of at least 4 members (excludes halogenated alkanes) is 2. The van der Waals surface area contributed by atoms with E-state index in [1.54, 1.807) is 0 Å². The normalized spacial score (nSPS) is 20.0. The fraction of sp³-hybridized carbons (Fsp3) is 0.923. The maximum atomic E-state index is 8.39. The number of nitrogens with two attached hydrogens (primary N) is 1. The second-order valence-electron chi connectivity index (χ2n) is 4.94. The van der Waals surface area contributed by atoms with E-state index in [2.05, 4.69) is 6.07 Å². The molecule has 3 heteroatoms. The Morgan fingerprint density at radius 3 is 2.44 bits per heavy atom. The van der Waals surface area contributed by atoms with Gasteiger partial charge in [-0.1, -0.05) is 25.7 Å². The molecule has 0 saturated heterocycles. The average molecular weight is 224 g/mol. The van der Waals surface area contributed by atoms with Crippen LogP contribution in [0, 0.1) is 11.3 Å². The number of hydrogen-bond acceptors (Lipinski definition) is 3. The van der Waals surface area contributed by atoms with Crippen LogP contribution in [0.1, 0.15) is 57.8 Å². The largest absolute Gasteiger partial charge is 0.380 e. The molecule has 0 aliphatic heterocycles. The van der Waals surface area contributed by atoms with E-state index in [0.717, 1.165) is 32.3 Å². The van der Waals surface area contributed by atoms with Gasteiger partial charge in [-0.2, -0.15) is 5.26 Å². The highest BCUT2D eigenvalue weighted by atomic mass is 16.5. The van der Waals surface area contributed by atoms with Crippen molar-refractivity contribution in [2.24, 2.45) is 5.73 Å². The van der Waals surface area contributed by atoms with E-state index in [9.17, 15) is 0 Å². The topological polar surface area (TPSA) is 59.0 Å². The Bertz CT molecular complexity index is 214. The molecule has 0 radical (unpaired) electrons. The van der Waals surface area contributed by atoms with Crippen molar-refractivity contribution < 1.29 is 4.74 Å². The maximum absolute atomic E-state index is 8.39. The Hall–Kier alpha value is -0.590. The van der Waals surface area contributed by atoms with Crippen molar-refractivity contribution in [3.05, 3.63) is 0 Å². The monoisotopic (exact) mass is 224 g/mol. The molecule has 0 spiro atoms. The van der Waals surface area contributed by atoms with E-state index >= 15 is 0 Å². The van der Waals surface area contributed by atoms with E-state index in [1.165, 1.54) is 25.7 Å². The average Bonchev–Trinajstić information content (AvgIpc) is 2.49. The Balaban J connectivity index is 2.08. The van der Waals surface area contributed by atoms with Crippen LogP contribution in [0.4, 0.5) is 0 Å². The van der Waals surface area contributed by atoms with Crippen LogP contribution in [-0.2, 0) is 4.74 Å². The van der Waals surface area contributed by atoms with Gasteiger partial charge < -0.3 is 10.5 Å². The lowest BCUT2D eigenvalue weighted by Crippen LogP contribution is -2.44. The van der Waals surface area contributed by atoms with Crippen LogP contribution in [0.5, 0.6) is 0 Å². The van der Waals surface area contributed by atoms with Crippen LogP contribution in [-0.4, -0.2) is 18.8 Å². The fourth-order valence-corrected chi connectivity index (χ4v) is 2.26. The number of hydrogen-bond donors (Lipinski definition) is 1. The van der Waals surface area contributed by atoms with Gasteiger partial charge in [-0.05, 0) is 25.7 Å². The molecule has 0 heterocycles. The molecule has 1 rings (SSSR count). The third-order valence-electron chi connectivity index (χ3n) is 3.32. The molecule has 2 N–H and O–H groups in total. The van der Waals surface area contributed by atoms with Crippen molar-refractivity contribution in [3.63, 3.8) is 0 Å². The predicted molar refractivity (Wildman–Crippen MR) is 64.9 cm³/mol. The van der Waals surface area contributed by atoms with Crippen molar-refractivity contribution in [2.45, 2.75) is 63.3 Å². The molecule has 1 aliphatic rings. The molecule has 1 saturated carbocycles. The van der Waals surface area contributed by atoms with E-state index in [0.29, 0.717) is 13.0 Å². The number of nitriles is 1. The van der Waals surface area contributed by atoms with Gasteiger partial charge in [-0.25, -0.2) is 0 Å². The molecule has 0 unspecified atom stereocenters. The van der Waals surface area contributed by atoms with Gasteiger partial charge in [0, 0.05) is 18.6 Å². The molecule has 0 amide bonds. The lowest BCUT2D eigenvalue weighted by Gasteiger charge is -2.27. The lowest BCUT2D eigenvalue weighted by molar-refractivity contribution is 0.0756. The first kappa shape index (κ1) is 13.5. The van der Waals surface area contributed by atoms with Crippen molar-refractivity contribution in [3.8, 4) is 6.07 Å². The van der Waals surface area contributed by atoms with Gasteiger partial charge in [0.25, 0.3) is 0 Å². The second kappa shape index (κ2) is 7.65. The first-order chi connectivity index (χ1) is 7.77. The minimum absolute atomic E-state index is 0.0777. The van der Waals surface area contributed by atoms with E-state index in [4.69, 9.17) is 15.7 Å². The zero-order chi connectivity index (χ0) is 11.7. The molecule has 0 aromatic rings. The minimum atomic E-state index is -0.0777. The highest BCUT2D eigenvalue weighted by Gasteiger charge is 2.26. The van der Waals surface area contributed by atoms with Gasteiger partial charge in [-0.15, -0.1) is 0 Å². The molecule has 1 aliphatic carbocycles. The van der Waals surface area contributed by atoms with Gasteiger partial charge in [-0.3, -0.25) is 0 Å². The van der Waals surface area contributed by atoms with Crippen LogP contribution in [0.3, 0.4) is 0 Å². The second-order valence-corrected chi connectivity index (χ2v) is 4.94. The molecular formula is C13H24N2O. The summed E-state index contributed by atoms with van der Waals surface area (Å²) in [5.41, 5.74) is 6.24. The summed E-state index contributed by atoms with van der Waals surface area (Å²) in [6.45, 7) is 1.44. The summed E-state index contributed by atoms with van der Waals surface area (Å²) in [4.78, 5) is 0. The lowest BCUT2D eigenvalue weighted by atomic mass is 9.93. The molecule has 92 valence electrons. The van der Waals surface area contributed by atoms with Crippen LogP contribution in [0.25, 0.3) is 0 Å². The van der Waals surface area contributed by atoms with Crippen LogP contribution in [0.15, 0.2) is 0 Å². The highest BCUT2D eigenvalue weighted by molar-refractivity contribution is 4.85. The Morgan fingerprint density at radius 1 is 1.12 bits per heavy atom. The molecular weight excluding hydrogens is 200 g/mol. The Kier molecular flexibility index (Phi) is 6.44. The molecule has 16 heavy (non-hydrogen) atoms. The summed E-state index contributed by atoms with van der Waals surface area (Å²) in [5.74, 6) is 0. The predicted octanol–water partition coefficient (Wildman–Crippen LogP) is 2.75. The molecule has 0 atom stereocenters. The van der Waals surface area contributed by atoms with Crippen molar-refractivity contribution in [1.82, 2.24) is 0 Å². The molecule has 0 aromatic heterocycles. The van der Waals surface area contributed by atoms with Crippen LogP contribution >= 0.6 is 0 Å². The smallest absolute Gasteiger partial charge is 0.0646 e. The van der Waals surface area contributed by atoms with E-state index < -0.39 is 0 Å². The third-order valence-corrected chi connectivity index (χ3v) is 3.32. The van der Waals surface area contributed by atoms with Crippen molar-refractivity contribution in [2.75, 3.05) is 13.2 Å². The SMILES string of the molecule is N#CCCCCOCC1(N)CCCCCC1. The third kappa shape index (κ3) is 5.48. The summed E-state index contributed by atoms with van der Waals surface area (Å²) in [7, 11) is 0. The molecule has 0 bridgehead atoms. The summed E-state index contributed by atoms with van der Waals surface area (Å²) >= 11 is 0. The Morgan fingerprint density at radius 2 is 1.81 bits per heavy atom. The van der Waals surface area contributed by atoms with Crippen molar-refractivity contribution >= 4 is 0 Å². The van der Waals surface area contributed by atoms with Crippen LogP contribution < -0.4 is 5.73 Å². The molecule has 0 aromatic carbocycles. The summed E-state index contributed by atoms with van der Waals surface area (Å²) < 4.78 is 5.64. The molecule has 1 fully saturated rings. The van der Waals surface area contributed by atoms with Gasteiger partial charge >= 0.3 is 0 Å². The number of ether oxygens (including phenoxy) is 1. The highest BCUT2D eigenvalue weighted by Crippen LogP contribution is 2.25. The first-order valence-electron chi connectivity index (χ1n) is 6.50. The Labute approximate surface area is 99.0 Å². The zero-order valence-electron chi connectivity index (χ0n) is 10.2. The first-order valence-corrected chi connectivity index (χ1v) is 6.50. The van der Waals surface area contributed by atoms with Gasteiger partial charge in [0.1, 0.15) is 0 Å². The number of nitrogens with zero attached hydrogens (tertiary/aromatic N) is 1. The summed E-state index contributed by atoms with van der Waals surface area (Å²) in [6, 6.07) is 2.14. The maximum Gasteiger partial charge on any atom is 0.0646 e.